The fourth-order valence-electron chi connectivity index (χ4n) is 2.32. The summed E-state index contributed by atoms with van der Waals surface area (Å²) in [5, 5.41) is 1.57. The van der Waals surface area contributed by atoms with Gasteiger partial charge in [0.15, 0.2) is 0 Å². The van der Waals surface area contributed by atoms with Crippen molar-refractivity contribution in [2.24, 2.45) is 0 Å². The van der Waals surface area contributed by atoms with Crippen molar-refractivity contribution < 1.29 is 13.2 Å². The van der Waals surface area contributed by atoms with E-state index in [9.17, 15) is 18.0 Å². The molecule has 0 radical (unpaired) electrons. The molecule has 2 heterocycles. The predicted octanol–water partition coefficient (Wildman–Crippen LogP) is 3.40. The van der Waals surface area contributed by atoms with E-state index in [2.05, 4.69) is 9.97 Å². The number of alkyl halides is 3. The number of H-pyrrole nitrogens is 1. The first-order valence-corrected chi connectivity index (χ1v) is 5.87. The van der Waals surface area contributed by atoms with Crippen molar-refractivity contribution in [1.29, 1.82) is 0 Å². The maximum Gasteiger partial charge on any atom is 0.433 e. The van der Waals surface area contributed by atoms with Crippen LogP contribution >= 0.6 is 0 Å². The normalized spacial score (nSPS) is 12.2. The molecule has 3 rings (SSSR count). The molecule has 0 unspecified atom stereocenters. The van der Waals surface area contributed by atoms with E-state index in [4.69, 9.17) is 0 Å². The number of pyridine rings is 2. The highest BCUT2D eigenvalue weighted by molar-refractivity contribution is 6.05. The molecule has 0 spiro atoms. The monoisotopic (exact) mass is 278 g/mol. The number of rotatable bonds is 0. The van der Waals surface area contributed by atoms with E-state index in [1.54, 1.807) is 31.2 Å². The molecular weight excluding hydrogens is 269 g/mol. The number of hydrogen-bond donors (Lipinski definition) is 1. The molecule has 3 nitrogen and oxygen atoms in total. The van der Waals surface area contributed by atoms with E-state index < -0.39 is 17.4 Å². The molecule has 0 aliphatic rings. The minimum Gasteiger partial charge on any atom is -0.306 e. The summed E-state index contributed by atoms with van der Waals surface area (Å²) in [6, 6.07) is 7.77. The van der Waals surface area contributed by atoms with Crippen LogP contribution in [0.3, 0.4) is 0 Å². The molecule has 0 amide bonds. The van der Waals surface area contributed by atoms with Gasteiger partial charge in [0, 0.05) is 10.8 Å². The lowest BCUT2D eigenvalue weighted by Crippen LogP contribution is -2.12. The maximum absolute atomic E-state index is 12.8. The highest BCUT2D eigenvalue weighted by atomic mass is 19.4. The summed E-state index contributed by atoms with van der Waals surface area (Å²) in [5.74, 6) is 0. The van der Waals surface area contributed by atoms with Gasteiger partial charge in [-0.1, -0.05) is 18.2 Å². The number of aromatic nitrogens is 2. The first-order chi connectivity index (χ1) is 9.38. The summed E-state index contributed by atoms with van der Waals surface area (Å²) in [7, 11) is 0. The number of nitrogens with zero attached hydrogens (tertiary/aromatic N) is 1. The van der Waals surface area contributed by atoms with Crippen molar-refractivity contribution in [2.75, 3.05) is 0 Å². The Balaban J connectivity index is 2.52. The summed E-state index contributed by atoms with van der Waals surface area (Å²) in [6.07, 6.45) is -4.54. The molecule has 0 saturated carbocycles. The zero-order chi connectivity index (χ0) is 14.5. The molecule has 1 aromatic carbocycles. The van der Waals surface area contributed by atoms with E-state index in [-0.39, 0.29) is 5.65 Å². The van der Waals surface area contributed by atoms with Crippen molar-refractivity contribution in [3.63, 3.8) is 0 Å². The Morgan fingerprint density at radius 1 is 1.15 bits per heavy atom. The smallest absolute Gasteiger partial charge is 0.306 e. The van der Waals surface area contributed by atoms with Crippen molar-refractivity contribution >= 4 is 21.8 Å². The van der Waals surface area contributed by atoms with Gasteiger partial charge in [-0.2, -0.15) is 13.2 Å². The van der Waals surface area contributed by atoms with Crippen LogP contribution in [-0.2, 0) is 6.18 Å². The van der Waals surface area contributed by atoms with Crippen LogP contribution in [-0.4, -0.2) is 9.97 Å². The fraction of sp³-hybridized carbons (Fsp3) is 0.143. The molecule has 102 valence electrons. The van der Waals surface area contributed by atoms with E-state index in [1.807, 2.05) is 0 Å². The average molecular weight is 278 g/mol. The maximum atomic E-state index is 12.8. The molecule has 2 aromatic heterocycles. The van der Waals surface area contributed by atoms with Gasteiger partial charge in [0.25, 0.3) is 5.56 Å². The number of hydrogen-bond acceptors (Lipinski definition) is 2. The first-order valence-electron chi connectivity index (χ1n) is 5.87. The van der Waals surface area contributed by atoms with E-state index in [1.165, 1.54) is 0 Å². The summed E-state index contributed by atoms with van der Waals surface area (Å²) < 4.78 is 38.3. The number of aromatic amines is 1. The zero-order valence-electron chi connectivity index (χ0n) is 10.4. The molecule has 0 aliphatic heterocycles. The Morgan fingerprint density at radius 3 is 2.45 bits per heavy atom. The number of aryl methyl sites for hydroxylation is 1. The van der Waals surface area contributed by atoms with E-state index in [0.717, 1.165) is 6.07 Å². The van der Waals surface area contributed by atoms with Gasteiger partial charge in [-0.05, 0) is 30.0 Å². The van der Waals surface area contributed by atoms with E-state index in [0.29, 0.717) is 21.7 Å². The van der Waals surface area contributed by atoms with Crippen molar-refractivity contribution in [3.8, 4) is 0 Å². The van der Waals surface area contributed by atoms with Gasteiger partial charge >= 0.3 is 6.18 Å². The van der Waals surface area contributed by atoms with Gasteiger partial charge in [-0.3, -0.25) is 4.79 Å². The van der Waals surface area contributed by atoms with Crippen LogP contribution in [0.15, 0.2) is 35.1 Å². The minimum atomic E-state index is -4.54. The number of benzene rings is 1. The van der Waals surface area contributed by atoms with Gasteiger partial charge in [0.05, 0.1) is 0 Å². The molecule has 0 saturated heterocycles. The Bertz CT molecular complexity index is 881. The standard InChI is InChI=1S/C14H9F3N2O/c1-7-6-10(14(15,16)17)18-12-11(7)8-4-2-3-5-9(8)13(20)19-12/h2-6H,1H3,(H,18,19,20). The summed E-state index contributed by atoms with van der Waals surface area (Å²) >= 11 is 0. The summed E-state index contributed by atoms with van der Waals surface area (Å²) in [4.78, 5) is 17.8. The van der Waals surface area contributed by atoms with Crippen LogP contribution in [0.25, 0.3) is 21.8 Å². The third-order valence-corrected chi connectivity index (χ3v) is 3.18. The van der Waals surface area contributed by atoms with Gasteiger partial charge in [0.1, 0.15) is 11.3 Å². The number of fused-ring (bicyclic) bond motifs is 3. The van der Waals surface area contributed by atoms with Crippen molar-refractivity contribution in [2.45, 2.75) is 13.1 Å². The second kappa shape index (κ2) is 4.06. The lowest BCUT2D eigenvalue weighted by atomic mass is 10.0. The van der Waals surface area contributed by atoms with Crippen LogP contribution in [0.2, 0.25) is 0 Å². The van der Waals surface area contributed by atoms with E-state index >= 15 is 0 Å². The molecule has 1 N–H and O–H groups in total. The number of nitrogens with one attached hydrogen (secondary N) is 1. The lowest BCUT2D eigenvalue weighted by Gasteiger charge is -2.10. The van der Waals surface area contributed by atoms with Crippen molar-refractivity contribution in [1.82, 2.24) is 9.97 Å². The average Bonchev–Trinajstić information content (AvgIpc) is 2.37. The number of halogens is 3. The molecule has 3 aromatic rings. The topological polar surface area (TPSA) is 45.8 Å². The summed E-state index contributed by atoms with van der Waals surface area (Å²) in [6.45, 7) is 1.57. The van der Waals surface area contributed by atoms with Gasteiger partial charge in [0.2, 0.25) is 0 Å². The van der Waals surface area contributed by atoms with Crippen molar-refractivity contribution in [3.05, 3.63) is 51.9 Å². The first kappa shape index (κ1) is 12.7. The second-order valence-electron chi connectivity index (χ2n) is 4.55. The third kappa shape index (κ3) is 1.84. The van der Waals surface area contributed by atoms with Gasteiger partial charge in [-0.15, -0.1) is 0 Å². The van der Waals surface area contributed by atoms with Crippen LogP contribution < -0.4 is 5.56 Å². The zero-order valence-corrected chi connectivity index (χ0v) is 10.4. The molecule has 20 heavy (non-hydrogen) atoms. The molecule has 0 atom stereocenters. The molecule has 6 heteroatoms. The molecular formula is C14H9F3N2O. The molecule has 0 aliphatic carbocycles. The minimum absolute atomic E-state index is 0.0407. The van der Waals surface area contributed by atoms with Crippen LogP contribution in [0.1, 0.15) is 11.3 Å². The Labute approximate surface area is 111 Å². The third-order valence-electron chi connectivity index (χ3n) is 3.18. The van der Waals surface area contributed by atoms with Crippen LogP contribution in [0.4, 0.5) is 13.2 Å². The Kier molecular flexibility index (Phi) is 2.57. The predicted molar refractivity (Wildman–Crippen MR) is 69.6 cm³/mol. The fourth-order valence-corrected chi connectivity index (χ4v) is 2.32. The molecule has 0 fully saturated rings. The largest absolute Gasteiger partial charge is 0.433 e. The Morgan fingerprint density at radius 2 is 1.80 bits per heavy atom. The van der Waals surface area contributed by atoms with Gasteiger partial charge in [-0.25, -0.2) is 4.98 Å². The highest BCUT2D eigenvalue weighted by Crippen LogP contribution is 2.31. The quantitative estimate of drug-likeness (QED) is 0.640. The molecule has 0 bridgehead atoms. The van der Waals surface area contributed by atoms with Gasteiger partial charge < -0.3 is 4.98 Å². The lowest BCUT2D eigenvalue weighted by molar-refractivity contribution is -0.141. The SMILES string of the molecule is Cc1cc(C(F)(F)F)nc2[nH]c(=O)c3ccccc3c12. The summed E-state index contributed by atoms with van der Waals surface area (Å²) in [5.41, 5.74) is -1.07. The second-order valence-corrected chi connectivity index (χ2v) is 4.55. The Hall–Kier alpha value is -2.37. The highest BCUT2D eigenvalue weighted by Gasteiger charge is 2.33. The van der Waals surface area contributed by atoms with Crippen LogP contribution in [0.5, 0.6) is 0 Å². The van der Waals surface area contributed by atoms with Crippen LogP contribution in [0, 0.1) is 6.92 Å².